The molecule has 0 spiro atoms. The van der Waals surface area contributed by atoms with Crippen LogP contribution in [0.3, 0.4) is 0 Å². The molecule has 0 aliphatic rings. The molecule has 0 heterocycles. The van der Waals surface area contributed by atoms with Gasteiger partial charge < -0.3 is 14.4 Å². The minimum Gasteiger partial charge on any atom is -0.493 e. The number of methoxy groups -OCH3 is 2. The highest BCUT2D eigenvalue weighted by molar-refractivity contribution is 7.92. The number of anilines is 1. The molecule has 2 rings (SSSR count). The topological polar surface area (TPSA) is 76.2 Å². The highest BCUT2D eigenvalue weighted by atomic mass is 32.2. The number of likely N-dealkylation sites (N-methyl/N-ethyl adjacent to an activating group) is 1. The monoisotopic (exact) mass is 420 g/mol. The molecule has 0 unspecified atom stereocenters. The number of amides is 1. The Kier molecular flexibility index (Phi) is 7.13. The summed E-state index contributed by atoms with van der Waals surface area (Å²) in [6.45, 7) is 3.89. The summed E-state index contributed by atoms with van der Waals surface area (Å²) in [5.74, 6) is 0.852. The lowest BCUT2D eigenvalue weighted by Gasteiger charge is -2.26. The van der Waals surface area contributed by atoms with Gasteiger partial charge >= 0.3 is 0 Å². The van der Waals surface area contributed by atoms with Crippen molar-refractivity contribution in [1.82, 2.24) is 4.90 Å². The van der Waals surface area contributed by atoms with Crippen LogP contribution in [0.25, 0.3) is 0 Å². The van der Waals surface area contributed by atoms with Gasteiger partial charge in [0.05, 0.1) is 26.2 Å². The maximum absolute atomic E-state index is 12.8. The summed E-state index contributed by atoms with van der Waals surface area (Å²) < 4.78 is 36.3. The van der Waals surface area contributed by atoms with Crippen LogP contribution >= 0.6 is 0 Å². The SMILES string of the molecule is COc1ccc(CN(C)C(=O)CN(c2ccc(C)c(C)c2)S(C)(=O)=O)cc1OC. The summed E-state index contributed by atoms with van der Waals surface area (Å²) in [6.07, 6.45) is 1.10. The average molecular weight is 421 g/mol. The molecule has 7 nitrogen and oxygen atoms in total. The van der Waals surface area contributed by atoms with Gasteiger partial charge in [-0.3, -0.25) is 9.10 Å². The van der Waals surface area contributed by atoms with E-state index in [1.165, 1.54) is 4.90 Å². The van der Waals surface area contributed by atoms with Crippen LogP contribution in [0.1, 0.15) is 16.7 Å². The van der Waals surface area contributed by atoms with Gasteiger partial charge in [-0.25, -0.2) is 8.42 Å². The summed E-state index contributed by atoms with van der Waals surface area (Å²) >= 11 is 0. The molecule has 29 heavy (non-hydrogen) atoms. The second kappa shape index (κ2) is 9.17. The predicted octanol–water partition coefficient (Wildman–Crippen LogP) is 2.75. The molecule has 2 aromatic carbocycles. The van der Waals surface area contributed by atoms with Crippen LogP contribution in [0.2, 0.25) is 0 Å². The Labute approximate surface area is 172 Å². The molecule has 0 fully saturated rings. The number of nitrogens with zero attached hydrogens (tertiary/aromatic N) is 2. The van der Waals surface area contributed by atoms with Gasteiger partial charge in [-0.2, -0.15) is 0 Å². The normalized spacial score (nSPS) is 11.1. The minimum absolute atomic E-state index is 0.273. The van der Waals surface area contributed by atoms with E-state index >= 15 is 0 Å². The van der Waals surface area contributed by atoms with Crippen molar-refractivity contribution >= 4 is 21.6 Å². The lowest BCUT2D eigenvalue weighted by Crippen LogP contribution is -2.41. The van der Waals surface area contributed by atoms with Crippen LogP contribution in [-0.2, 0) is 21.4 Å². The number of ether oxygens (including phenoxy) is 2. The molecule has 0 aliphatic heterocycles. The second-order valence-corrected chi connectivity index (χ2v) is 8.88. The molecule has 8 heteroatoms. The summed E-state index contributed by atoms with van der Waals surface area (Å²) in [5.41, 5.74) is 3.33. The molecule has 0 aromatic heterocycles. The molecule has 2 aromatic rings. The maximum Gasteiger partial charge on any atom is 0.243 e. The lowest BCUT2D eigenvalue weighted by molar-refractivity contribution is -0.128. The number of benzene rings is 2. The number of carbonyl (C=O) groups excluding carboxylic acids is 1. The zero-order valence-electron chi connectivity index (χ0n) is 17.7. The second-order valence-electron chi connectivity index (χ2n) is 6.98. The number of sulfonamides is 1. The van der Waals surface area contributed by atoms with Crippen LogP contribution in [0.5, 0.6) is 11.5 Å². The summed E-state index contributed by atoms with van der Waals surface area (Å²) in [5, 5.41) is 0. The van der Waals surface area contributed by atoms with Gasteiger partial charge in [-0.1, -0.05) is 12.1 Å². The Morgan fingerprint density at radius 3 is 2.17 bits per heavy atom. The highest BCUT2D eigenvalue weighted by Gasteiger charge is 2.23. The van der Waals surface area contributed by atoms with E-state index in [2.05, 4.69) is 0 Å². The first-order valence-electron chi connectivity index (χ1n) is 9.06. The molecule has 0 bridgehead atoms. The molecule has 1 amide bonds. The number of carbonyl (C=O) groups is 1. The number of rotatable bonds is 8. The van der Waals surface area contributed by atoms with Crippen molar-refractivity contribution in [3.63, 3.8) is 0 Å². The van der Waals surface area contributed by atoms with Crippen molar-refractivity contribution < 1.29 is 22.7 Å². The Balaban J connectivity index is 2.20. The van der Waals surface area contributed by atoms with E-state index in [1.807, 2.05) is 26.0 Å². The van der Waals surface area contributed by atoms with Gasteiger partial charge in [0.1, 0.15) is 6.54 Å². The van der Waals surface area contributed by atoms with E-state index in [-0.39, 0.29) is 12.5 Å². The molecular weight excluding hydrogens is 392 g/mol. The summed E-state index contributed by atoms with van der Waals surface area (Å²) in [4.78, 5) is 14.3. The standard InChI is InChI=1S/C21H28N2O5S/c1-15-7-9-18(11-16(15)2)23(29(6,25)26)14-21(24)22(3)13-17-8-10-19(27-4)20(12-17)28-5/h7-12H,13-14H2,1-6H3. The Hall–Kier alpha value is -2.74. The highest BCUT2D eigenvalue weighted by Crippen LogP contribution is 2.28. The van der Waals surface area contributed by atoms with Gasteiger partial charge in [0.25, 0.3) is 0 Å². The average Bonchev–Trinajstić information content (AvgIpc) is 2.67. The molecule has 0 saturated carbocycles. The lowest BCUT2D eigenvalue weighted by atomic mass is 10.1. The zero-order valence-corrected chi connectivity index (χ0v) is 18.5. The molecule has 158 valence electrons. The maximum atomic E-state index is 12.8. The van der Waals surface area contributed by atoms with Crippen LogP contribution in [0, 0.1) is 13.8 Å². The predicted molar refractivity (Wildman–Crippen MR) is 114 cm³/mol. The fourth-order valence-corrected chi connectivity index (χ4v) is 3.71. The van der Waals surface area contributed by atoms with Gasteiger partial charge in [0.15, 0.2) is 11.5 Å². The molecular formula is C21H28N2O5S. The number of hydrogen-bond acceptors (Lipinski definition) is 5. The first-order valence-corrected chi connectivity index (χ1v) is 10.9. The van der Waals surface area contributed by atoms with E-state index < -0.39 is 10.0 Å². The van der Waals surface area contributed by atoms with E-state index in [4.69, 9.17) is 9.47 Å². The van der Waals surface area contributed by atoms with Crippen molar-refractivity contribution in [2.45, 2.75) is 20.4 Å². The van der Waals surface area contributed by atoms with Crippen LogP contribution < -0.4 is 13.8 Å². The van der Waals surface area contributed by atoms with Crippen molar-refractivity contribution in [1.29, 1.82) is 0 Å². The smallest absolute Gasteiger partial charge is 0.243 e. The summed E-state index contributed by atoms with van der Waals surface area (Å²) in [6, 6.07) is 10.7. The minimum atomic E-state index is -3.62. The quantitative estimate of drug-likeness (QED) is 0.656. The first-order chi connectivity index (χ1) is 13.6. The third kappa shape index (κ3) is 5.63. The molecule has 0 N–H and O–H groups in total. The fraction of sp³-hybridized carbons (Fsp3) is 0.381. The van der Waals surface area contributed by atoms with Gasteiger partial charge in [-0.05, 0) is 54.8 Å². The number of hydrogen-bond donors (Lipinski definition) is 0. The Morgan fingerprint density at radius 1 is 0.966 bits per heavy atom. The molecule has 0 atom stereocenters. The van der Waals surface area contributed by atoms with Crippen molar-refractivity contribution in [3.05, 3.63) is 53.1 Å². The number of aryl methyl sites for hydroxylation is 2. The first kappa shape index (κ1) is 22.5. The van der Waals surface area contributed by atoms with Gasteiger partial charge in [0.2, 0.25) is 15.9 Å². The third-order valence-corrected chi connectivity index (χ3v) is 5.89. The van der Waals surface area contributed by atoms with E-state index in [9.17, 15) is 13.2 Å². The zero-order chi connectivity index (χ0) is 21.8. The van der Waals surface area contributed by atoms with E-state index in [0.29, 0.717) is 23.7 Å². The molecule has 0 radical (unpaired) electrons. The largest absolute Gasteiger partial charge is 0.493 e. The summed E-state index contributed by atoms with van der Waals surface area (Å²) in [7, 11) is 1.12. The van der Waals surface area contributed by atoms with E-state index in [1.54, 1.807) is 45.5 Å². The van der Waals surface area contributed by atoms with Gasteiger partial charge in [-0.15, -0.1) is 0 Å². The molecule has 0 saturated heterocycles. The van der Waals surface area contributed by atoms with Gasteiger partial charge in [0, 0.05) is 13.6 Å². The molecule has 0 aliphatic carbocycles. The van der Waals surface area contributed by atoms with Crippen LogP contribution in [0.4, 0.5) is 5.69 Å². The van der Waals surface area contributed by atoms with Crippen molar-refractivity contribution in [2.24, 2.45) is 0 Å². The Morgan fingerprint density at radius 2 is 1.62 bits per heavy atom. The fourth-order valence-electron chi connectivity index (χ4n) is 2.87. The van der Waals surface area contributed by atoms with Crippen LogP contribution in [-0.4, -0.2) is 53.3 Å². The van der Waals surface area contributed by atoms with Crippen LogP contribution in [0.15, 0.2) is 36.4 Å². The van der Waals surface area contributed by atoms with Crippen molar-refractivity contribution in [3.8, 4) is 11.5 Å². The third-order valence-electron chi connectivity index (χ3n) is 4.75. The van der Waals surface area contributed by atoms with Crippen molar-refractivity contribution in [2.75, 3.05) is 38.4 Å². The van der Waals surface area contributed by atoms with E-state index in [0.717, 1.165) is 27.3 Å². The Bertz CT molecular complexity index is 989.